The molecule has 0 aliphatic carbocycles. The summed E-state index contributed by atoms with van der Waals surface area (Å²) in [6, 6.07) is 0. The number of amides is 1. The van der Waals surface area contributed by atoms with Gasteiger partial charge in [-0.1, -0.05) is 0 Å². The zero-order valence-electron chi connectivity index (χ0n) is 8.05. The third kappa shape index (κ3) is 3.52. The zero-order valence-corrected chi connectivity index (χ0v) is 10.4. The van der Waals surface area contributed by atoms with E-state index in [9.17, 15) is 4.79 Å². The highest BCUT2D eigenvalue weighted by Crippen LogP contribution is 2.27. The van der Waals surface area contributed by atoms with Crippen LogP contribution in [0.1, 0.15) is 12.8 Å². The normalized spacial score (nSPS) is 21.1. The van der Waals surface area contributed by atoms with Gasteiger partial charge >= 0.3 is 0 Å². The highest BCUT2D eigenvalue weighted by molar-refractivity contribution is 8.00. The average molecular weight is 256 g/mol. The van der Waals surface area contributed by atoms with Crippen molar-refractivity contribution in [2.24, 2.45) is 0 Å². The summed E-state index contributed by atoms with van der Waals surface area (Å²) in [4.78, 5) is 13.7. The number of carbonyl (C=O) groups is 1. The number of hydrogen-bond donors (Lipinski definition) is 0. The van der Waals surface area contributed by atoms with Gasteiger partial charge in [0.1, 0.15) is 0 Å². The van der Waals surface area contributed by atoms with Gasteiger partial charge in [0, 0.05) is 24.8 Å². The van der Waals surface area contributed by atoms with Crippen LogP contribution < -0.4 is 0 Å². The molecule has 1 unspecified atom stereocenters. The maximum atomic E-state index is 11.9. The van der Waals surface area contributed by atoms with E-state index in [1.165, 1.54) is 0 Å². The van der Waals surface area contributed by atoms with Crippen LogP contribution in [0.15, 0.2) is 0 Å². The van der Waals surface area contributed by atoms with Gasteiger partial charge in [-0.3, -0.25) is 4.79 Å². The van der Waals surface area contributed by atoms with Gasteiger partial charge in [-0.25, -0.2) is 0 Å². The maximum Gasteiger partial charge on any atom is 0.235 e. The molecule has 1 heterocycles. The summed E-state index contributed by atoms with van der Waals surface area (Å²) >= 11 is 13.0. The molecule has 1 amide bonds. The Labute approximate surface area is 99.3 Å². The molecule has 82 valence electrons. The molecular weight excluding hydrogens is 241 g/mol. The Bertz CT molecular complexity index is 180. The molecule has 0 bridgehead atoms. The predicted octanol–water partition coefficient (Wildman–Crippen LogP) is 2.19. The fourth-order valence-electron chi connectivity index (χ4n) is 1.51. The average Bonchev–Trinajstić information content (AvgIpc) is 2.69. The number of nitrogens with zero attached hydrogens (tertiary/aromatic N) is 1. The van der Waals surface area contributed by atoms with Crippen molar-refractivity contribution in [2.75, 3.05) is 30.6 Å². The van der Waals surface area contributed by atoms with Crippen LogP contribution in [0.25, 0.3) is 0 Å². The van der Waals surface area contributed by atoms with E-state index in [4.69, 9.17) is 23.2 Å². The largest absolute Gasteiger partial charge is 0.339 e. The molecule has 5 heteroatoms. The van der Waals surface area contributed by atoms with Gasteiger partial charge in [-0.05, 0) is 18.6 Å². The fraction of sp³-hybridized carbons (Fsp3) is 0.889. The molecule has 1 saturated heterocycles. The molecule has 0 radical (unpaired) electrons. The summed E-state index contributed by atoms with van der Waals surface area (Å²) in [6.07, 6.45) is 2.15. The zero-order chi connectivity index (χ0) is 10.4. The minimum atomic E-state index is 0.154. The summed E-state index contributed by atoms with van der Waals surface area (Å²) < 4.78 is 0. The first kappa shape index (κ1) is 12.5. The topological polar surface area (TPSA) is 20.3 Å². The van der Waals surface area contributed by atoms with Crippen LogP contribution in [0.2, 0.25) is 0 Å². The number of rotatable bonds is 5. The number of hydrogen-bond acceptors (Lipinski definition) is 2. The number of carbonyl (C=O) groups excluding carboxylic acids is 1. The summed E-state index contributed by atoms with van der Waals surface area (Å²) in [5.41, 5.74) is 0. The van der Waals surface area contributed by atoms with E-state index in [1.807, 2.05) is 0 Å². The monoisotopic (exact) mass is 255 g/mol. The van der Waals surface area contributed by atoms with Gasteiger partial charge in [0.25, 0.3) is 0 Å². The van der Waals surface area contributed by atoms with Crippen molar-refractivity contribution in [1.82, 2.24) is 4.90 Å². The second-order valence-corrected chi connectivity index (χ2v) is 5.27. The standard InChI is InChI=1S/C9H15Cl2NOS/c10-3-5-12(6-4-11)9(13)8-2-1-7-14-8/h8H,1-7H2. The number of halogens is 2. The molecule has 0 N–H and O–H groups in total. The first-order valence-corrected chi connectivity index (χ1v) is 6.93. The molecule has 1 aliphatic rings. The van der Waals surface area contributed by atoms with E-state index < -0.39 is 0 Å². The van der Waals surface area contributed by atoms with Crippen LogP contribution in [0.4, 0.5) is 0 Å². The van der Waals surface area contributed by atoms with Gasteiger partial charge in [0.2, 0.25) is 5.91 Å². The van der Waals surface area contributed by atoms with Crippen LogP contribution >= 0.6 is 35.0 Å². The van der Waals surface area contributed by atoms with Crippen LogP contribution in [-0.2, 0) is 4.79 Å². The van der Waals surface area contributed by atoms with Crippen molar-refractivity contribution in [3.63, 3.8) is 0 Å². The Kier molecular flexibility index (Phi) is 6.06. The van der Waals surface area contributed by atoms with Crippen molar-refractivity contribution in [3.05, 3.63) is 0 Å². The van der Waals surface area contributed by atoms with E-state index in [0.29, 0.717) is 24.8 Å². The van der Waals surface area contributed by atoms with Crippen molar-refractivity contribution in [2.45, 2.75) is 18.1 Å². The second-order valence-electron chi connectivity index (χ2n) is 3.20. The molecule has 14 heavy (non-hydrogen) atoms. The van der Waals surface area contributed by atoms with Crippen LogP contribution in [0.3, 0.4) is 0 Å². The Morgan fingerprint density at radius 3 is 2.43 bits per heavy atom. The molecule has 0 aromatic heterocycles. The number of thioether (sulfide) groups is 1. The van der Waals surface area contributed by atoms with E-state index in [2.05, 4.69) is 0 Å². The van der Waals surface area contributed by atoms with E-state index in [-0.39, 0.29) is 11.2 Å². The van der Waals surface area contributed by atoms with Crippen molar-refractivity contribution in [1.29, 1.82) is 0 Å². The lowest BCUT2D eigenvalue weighted by molar-refractivity contribution is -0.130. The number of alkyl halides is 2. The second kappa shape index (κ2) is 6.81. The van der Waals surface area contributed by atoms with Gasteiger partial charge in [0.05, 0.1) is 5.25 Å². The van der Waals surface area contributed by atoms with Gasteiger partial charge in [-0.15, -0.1) is 35.0 Å². The van der Waals surface area contributed by atoms with E-state index in [0.717, 1.165) is 18.6 Å². The van der Waals surface area contributed by atoms with Crippen molar-refractivity contribution < 1.29 is 4.79 Å². The lowest BCUT2D eigenvalue weighted by atomic mass is 10.2. The quantitative estimate of drug-likeness (QED) is 0.703. The fourth-order valence-corrected chi connectivity index (χ4v) is 3.16. The molecule has 1 aliphatic heterocycles. The Balaban J connectivity index is 2.43. The minimum Gasteiger partial charge on any atom is -0.339 e. The van der Waals surface area contributed by atoms with Crippen molar-refractivity contribution in [3.8, 4) is 0 Å². The summed E-state index contributed by atoms with van der Waals surface area (Å²) in [7, 11) is 0. The smallest absolute Gasteiger partial charge is 0.235 e. The lowest BCUT2D eigenvalue weighted by Gasteiger charge is -2.23. The van der Waals surface area contributed by atoms with Gasteiger partial charge < -0.3 is 4.90 Å². The Morgan fingerprint density at radius 2 is 2.00 bits per heavy atom. The summed E-state index contributed by atoms with van der Waals surface area (Å²) in [6.45, 7) is 1.23. The molecular formula is C9H15Cl2NOS. The van der Waals surface area contributed by atoms with Gasteiger partial charge in [-0.2, -0.15) is 0 Å². The summed E-state index contributed by atoms with van der Waals surface area (Å²) in [5, 5.41) is 0.154. The first-order valence-electron chi connectivity index (χ1n) is 4.82. The van der Waals surface area contributed by atoms with Crippen LogP contribution in [0, 0.1) is 0 Å². The van der Waals surface area contributed by atoms with Crippen LogP contribution in [-0.4, -0.2) is 46.7 Å². The lowest BCUT2D eigenvalue weighted by Crippen LogP contribution is -2.39. The predicted molar refractivity (Wildman–Crippen MR) is 63.5 cm³/mol. The van der Waals surface area contributed by atoms with Gasteiger partial charge in [0.15, 0.2) is 0 Å². The third-order valence-corrected chi connectivity index (χ3v) is 3.93. The molecule has 0 aromatic carbocycles. The summed E-state index contributed by atoms with van der Waals surface area (Å²) in [5.74, 6) is 2.29. The molecule has 0 aromatic rings. The molecule has 1 fully saturated rings. The Hall–Kier alpha value is 0.400. The highest BCUT2D eigenvalue weighted by Gasteiger charge is 2.27. The SMILES string of the molecule is O=C(C1CCCS1)N(CCCl)CCCl. The van der Waals surface area contributed by atoms with Crippen LogP contribution in [0.5, 0.6) is 0 Å². The van der Waals surface area contributed by atoms with Crippen molar-refractivity contribution >= 4 is 40.9 Å². The molecule has 0 spiro atoms. The Morgan fingerprint density at radius 1 is 1.36 bits per heavy atom. The molecule has 0 saturated carbocycles. The highest BCUT2D eigenvalue weighted by atomic mass is 35.5. The molecule has 1 rings (SSSR count). The maximum absolute atomic E-state index is 11.9. The minimum absolute atomic E-state index is 0.154. The third-order valence-electron chi connectivity index (χ3n) is 2.23. The molecule has 2 nitrogen and oxygen atoms in total. The first-order chi connectivity index (χ1) is 6.79. The van der Waals surface area contributed by atoms with E-state index in [1.54, 1.807) is 16.7 Å². The molecule has 1 atom stereocenters. The van der Waals surface area contributed by atoms with E-state index >= 15 is 0 Å².